The van der Waals surface area contributed by atoms with Crippen molar-refractivity contribution in [2.75, 3.05) is 20.0 Å². The number of nitrogen functional groups attached to an aromatic ring is 1. The molecule has 2 rings (SSSR count). The van der Waals surface area contributed by atoms with Gasteiger partial charge in [-0.2, -0.15) is 0 Å². The lowest BCUT2D eigenvalue weighted by atomic mass is 10.1. The molecule has 0 spiro atoms. The Kier molecular flexibility index (Phi) is 3.28. The molecule has 2 aromatic rings. The molecular weight excluding hydrogens is 252 g/mol. The molecule has 1 aromatic heterocycles. The highest BCUT2D eigenvalue weighted by Gasteiger charge is 2.19. The lowest BCUT2D eigenvalue weighted by molar-refractivity contribution is 0.0597. The zero-order chi connectivity index (χ0) is 14.0. The number of carbonyl (C=O) groups is 1. The molecule has 7 nitrogen and oxygen atoms in total. The SMILES string of the molecule is COC(=O)c1cc(-c2cc(N)no2)c(O)cc1OC. The summed E-state index contributed by atoms with van der Waals surface area (Å²) >= 11 is 0. The molecule has 0 amide bonds. The fourth-order valence-electron chi connectivity index (χ4n) is 1.62. The number of benzene rings is 1. The molecule has 0 atom stereocenters. The Morgan fingerprint density at radius 1 is 1.37 bits per heavy atom. The van der Waals surface area contributed by atoms with Gasteiger partial charge in [0.05, 0.1) is 19.8 Å². The smallest absolute Gasteiger partial charge is 0.341 e. The van der Waals surface area contributed by atoms with Gasteiger partial charge in [0.2, 0.25) is 0 Å². The fraction of sp³-hybridized carbons (Fsp3) is 0.167. The largest absolute Gasteiger partial charge is 0.507 e. The maximum absolute atomic E-state index is 11.6. The van der Waals surface area contributed by atoms with Gasteiger partial charge in [-0.15, -0.1) is 0 Å². The zero-order valence-electron chi connectivity index (χ0n) is 10.3. The van der Waals surface area contributed by atoms with Gasteiger partial charge in [-0.25, -0.2) is 4.79 Å². The van der Waals surface area contributed by atoms with Crippen molar-refractivity contribution in [2.24, 2.45) is 0 Å². The molecule has 0 saturated heterocycles. The standard InChI is InChI=1S/C12H12N2O5/c1-17-9-4-8(15)6(3-7(9)12(16)18-2)10-5-11(13)14-19-10/h3-5,15H,1-2H3,(H2,13,14). The second kappa shape index (κ2) is 4.89. The second-order valence-corrected chi connectivity index (χ2v) is 3.68. The van der Waals surface area contributed by atoms with E-state index in [0.717, 1.165) is 0 Å². The van der Waals surface area contributed by atoms with Gasteiger partial charge in [-0.1, -0.05) is 5.16 Å². The summed E-state index contributed by atoms with van der Waals surface area (Å²) in [7, 11) is 2.63. The highest BCUT2D eigenvalue weighted by atomic mass is 16.5. The Labute approximate surface area is 108 Å². The molecule has 0 saturated carbocycles. The van der Waals surface area contributed by atoms with Gasteiger partial charge >= 0.3 is 5.97 Å². The lowest BCUT2D eigenvalue weighted by Crippen LogP contribution is -2.04. The maximum Gasteiger partial charge on any atom is 0.341 e. The van der Waals surface area contributed by atoms with Crippen LogP contribution in [0.3, 0.4) is 0 Å². The van der Waals surface area contributed by atoms with Crippen LogP contribution in [-0.2, 0) is 4.74 Å². The van der Waals surface area contributed by atoms with Gasteiger partial charge in [0, 0.05) is 12.1 Å². The van der Waals surface area contributed by atoms with Crippen LogP contribution in [0.15, 0.2) is 22.7 Å². The third-order valence-corrected chi connectivity index (χ3v) is 2.52. The van der Waals surface area contributed by atoms with Crippen molar-refractivity contribution in [1.29, 1.82) is 0 Å². The van der Waals surface area contributed by atoms with E-state index in [1.165, 1.54) is 32.4 Å². The molecule has 19 heavy (non-hydrogen) atoms. The Balaban J connectivity index is 2.59. The Bertz CT molecular complexity index is 621. The molecule has 1 heterocycles. The number of phenols is 1. The van der Waals surface area contributed by atoms with Gasteiger partial charge in [0.1, 0.15) is 17.1 Å². The first-order chi connectivity index (χ1) is 9.06. The topological polar surface area (TPSA) is 108 Å². The highest BCUT2D eigenvalue weighted by molar-refractivity contribution is 5.94. The quantitative estimate of drug-likeness (QED) is 0.807. The van der Waals surface area contributed by atoms with Crippen LogP contribution in [0.4, 0.5) is 5.82 Å². The second-order valence-electron chi connectivity index (χ2n) is 3.68. The summed E-state index contributed by atoms with van der Waals surface area (Å²) in [6, 6.07) is 4.11. The average molecular weight is 264 g/mol. The van der Waals surface area contributed by atoms with E-state index in [9.17, 15) is 9.90 Å². The van der Waals surface area contributed by atoms with Crippen molar-refractivity contribution < 1.29 is 23.9 Å². The van der Waals surface area contributed by atoms with E-state index in [4.69, 9.17) is 15.0 Å². The summed E-state index contributed by atoms with van der Waals surface area (Å²) in [6.45, 7) is 0. The normalized spacial score (nSPS) is 10.2. The zero-order valence-corrected chi connectivity index (χ0v) is 10.3. The lowest BCUT2D eigenvalue weighted by Gasteiger charge is -2.09. The molecule has 100 valence electrons. The average Bonchev–Trinajstić information content (AvgIpc) is 2.83. The van der Waals surface area contributed by atoms with Gasteiger partial charge in [0.25, 0.3) is 0 Å². The number of phenolic OH excluding ortho intramolecular Hbond substituents is 1. The minimum Gasteiger partial charge on any atom is -0.507 e. The summed E-state index contributed by atoms with van der Waals surface area (Å²) < 4.78 is 14.6. The van der Waals surface area contributed by atoms with E-state index in [1.807, 2.05) is 0 Å². The molecule has 1 aromatic carbocycles. The molecular formula is C12H12N2O5. The summed E-state index contributed by atoms with van der Waals surface area (Å²) in [5.74, 6) is -0.112. The first kappa shape index (κ1) is 12.7. The number of carbonyl (C=O) groups excluding carboxylic acids is 1. The van der Waals surface area contributed by atoms with Crippen LogP contribution in [0.25, 0.3) is 11.3 Å². The summed E-state index contributed by atoms with van der Waals surface area (Å²) in [5.41, 5.74) is 5.87. The Morgan fingerprint density at radius 3 is 2.63 bits per heavy atom. The Morgan fingerprint density at radius 2 is 2.11 bits per heavy atom. The molecule has 0 bridgehead atoms. The monoisotopic (exact) mass is 264 g/mol. The number of rotatable bonds is 3. The van der Waals surface area contributed by atoms with Crippen molar-refractivity contribution in [1.82, 2.24) is 5.16 Å². The van der Waals surface area contributed by atoms with E-state index < -0.39 is 5.97 Å². The summed E-state index contributed by atoms with van der Waals surface area (Å²) in [5, 5.41) is 13.4. The first-order valence-corrected chi connectivity index (χ1v) is 5.28. The van der Waals surface area contributed by atoms with Crippen LogP contribution in [0.2, 0.25) is 0 Å². The third-order valence-electron chi connectivity index (χ3n) is 2.52. The number of nitrogens with two attached hydrogens (primary N) is 1. The number of nitrogens with zero attached hydrogens (tertiary/aromatic N) is 1. The van der Waals surface area contributed by atoms with Crippen LogP contribution < -0.4 is 10.5 Å². The minimum atomic E-state index is -0.592. The number of hydrogen-bond donors (Lipinski definition) is 2. The van der Waals surface area contributed by atoms with Gasteiger partial charge in [-0.05, 0) is 6.07 Å². The Hall–Kier alpha value is -2.70. The van der Waals surface area contributed by atoms with Crippen LogP contribution in [0.5, 0.6) is 11.5 Å². The number of methoxy groups -OCH3 is 2. The molecule has 0 aliphatic heterocycles. The van der Waals surface area contributed by atoms with E-state index in [-0.39, 0.29) is 34.2 Å². The van der Waals surface area contributed by atoms with Crippen molar-refractivity contribution in [2.45, 2.75) is 0 Å². The molecule has 0 radical (unpaired) electrons. The number of hydrogen-bond acceptors (Lipinski definition) is 7. The predicted molar refractivity (Wildman–Crippen MR) is 65.9 cm³/mol. The van der Waals surface area contributed by atoms with E-state index in [2.05, 4.69) is 9.89 Å². The van der Waals surface area contributed by atoms with Crippen LogP contribution in [0, 0.1) is 0 Å². The van der Waals surface area contributed by atoms with E-state index in [1.54, 1.807) is 0 Å². The number of aromatic nitrogens is 1. The molecule has 0 unspecified atom stereocenters. The van der Waals surface area contributed by atoms with E-state index >= 15 is 0 Å². The van der Waals surface area contributed by atoms with E-state index in [0.29, 0.717) is 0 Å². The number of aromatic hydroxyl groups is 1. The molecule has 0 aliphatic carbocycles. The molecule has 0 aliphatic rings. The van der Waals surface area contributed by atoms with Gasteiger partial charge < -0.3 is 24.8 Å². The predicted octanol–water partition coefficient (Wildman–Crippen LogP) is 1.42. The van der Waals surface area contributed by atoms with Crippen LogP contribution >= 0.6 is 0 Å². The first-order valence-electron chi connectivity index (χ1n) is 5.28. The van der Waals surface area contributed by atoms with Crippen molar-refractivity contribution in [3.8, 4) is 22.8 Å². The number of anilines is 1. The minimum absolute atomic E-state index is 0.124. The van der Waals surface area contributed by atoms with Gasteiger partial charge in [0.15, 0.2) is 11.6 Å². The fourth-order valence-corrected chi connectivity index (χ4v) is 1.62. The summed E-state index contributed by atoms with van der Waals surface area (Å²) in [6.07, 6.45) is 0. The number of ether oxygens (including phenoxy) is 2. The third kappa shape index (κ3) is 2.30. The van der Waals surface area contributed by atoms with Crippen LogP contribution in [0.1, 0.15) is 10.4 Å². The number of esters is 1. The van der Waals surface area contributed by atoms with Gasteiger partial charge in [-0.3, -0.25) is 0 Å². The maximum atomic E-state index is 11.6. The molecule has 7 heteroatoms. The van der Waals surface area contributed by atoms with Crippen molar-refractivity contribution >= 4 is 11.8 Å². The highest BCUT2D eigenvalue weighted by Crippen LogP contribution is 2.36. The van der Waals surface area contributed by atoms with Crippen LogP contribution in [-0.4, -0.2) is 30.5 Å². The van der Waals surface area contributed by atoms with Crippen molar-refractivity contribution in [3.63, 3.8) is 0 Å². The van der Waals surface area contributed by atoms with Crippen molar-refractivity contribution in [3.05, 3.63) is 23.8 Å². The summed E-state index contributed by atoms with van der Waals surface area (Å²) in [4.78, 5) is 11.6. The molecule has 3 N–H and O–H groups in total. The molecule has 0 fully saturated rings.